The van der Waals surface area contributed by atoms with Gasteiger partial charge in [-0.1, -0.05) is 6.07 Å². The van der Waals surface area contributed by atoms with Crippen molar-refractivity contribution in [2.24, 2.45) is 11.8 Å². The quantitative estimate of drug-likeness (QED) is 0.587. The molecule has 7 nitrogen and oxygen atoms in total. The van der Waals surface area contributed by atoms with Gasteiger partial charge in [0.05, 0.1) is 29.9 Å². The van der Waals surface area contributed by atoms with Crippen LogP contribution in [0.4, 0.5) is 9.18 Å². The Balaban J connectivity index is 1.36. The summed E-state index contributed by atoms with van der Waals surface area (Å²) in [6.45, 7) is 8.23. The molecule has 2 fully saturated rings. The Kier molecular flexibility index (Phi) is 5.91. The number of rotatable bonds is 5. The van der Waals surface area contributed by atoms with E-state index in [1.54, 1.807) is 18.0 Å². The van der Waals surface area contributed by atoms with E-state index in [9.17, 15) is 9.18 Å². The summed E-state index contributed by atoms with van der Waals surface area (Å²) in [6, 6.07) is 7.68. The van der Waals surface area contributed by atoms with Gasteiger partial charge in [-0.15, -0.1) is 0 Å². The highest BCUT2D eigenvalue weighted by atomic mass is 19.1. The normalized spacial score (nSPS) is 21.9. The molecule has 2 aromatic heterocycles. The zero-order valence-corrected chi connectivity index (χ0v) is 20.2. The number of pyridine rings is 1. The van der Waals surface area contributed by atoms with Crippen LogP contribution in [0.5, 0.6) is 5.88 Å². The number of halogens is 1. The van der Waals surface area contributed by atoms with Crippen LogP contribution < -0.4 is 10.1 Å². The third kappa shape index (κ3) is 3.99. The molecule has 2 unspecified atom stereocenters. The number of fused-ring (bicyclic) bond motifs is 2. The number of aromatic nitrogens is 3. The van der Waals surface area contributed by atoms with Crippen LogP contribution in [0.1, 0.15) is 45.1 Å². The Bertz CT molecular complexity index is 1210. The fourth-order valence-electron chi connectivity index (χ4n) is 5.68. The van der Waals surface area contributed by atoms with Gasteiger partial charge in [-0.05, 0) is 69.6 Å². The van der Waals surface area contributed by atoms with Gasteiger partial charge in [0, 0.05) is 36.8 Å². The Morgan fingerprint density at radius 1 is 1.24 bits per heavy atom. The van der Waals surface area contributed by atoms with Crippen molar-refractivity contribution >= 4 is 16.9 Å². The molecule has 8 heteroatoms. The molecule has 1 aliphatic carbocycles. The smallest absolute Gasteiger partial charge is 0.317 e. The van der Waals surface area contributed by atoms with Crippen LogP contribution >= 0.6 is 0 Å². The van der Waals surface area contributed by atoms with Gasteiger partial charge in [-0.2, -0.15) is 5.10 Å². The molecule has 2 atom stereocenters. The number of ether oxygens (including phenoxy) is 1. The molecule has 2 aliphatic rings. The van der Waals surface area contributed by atoms with Gasteiger partial charge in [0.2, 0.25) is 5.88 Å². The SMILES string of the molecule is CCn1ncc2c(F)cc(-c3ccc(C4CC5CN(C(=O)NC(C)C)CC5C4)c(OC)n3)cc21. The topological polar surface area (TPSA) is 72.3 Å². The monoisotopic (exact) mass is 465 g/mol. The van der Waals surface area contributed by atoms with Crippen LogP contribution in [0.25, 0.3) is 22.2 Å². The van der Waals surface area contributed by atoms with E-state index in [0.29, 0.717) is 46.8 Å². The van der Waals surface area contributed by atoms with Crippen LogP contribution in [-0.4, -0.2) is 51.9 Å². The van der Waals surface area contributed by atoms with Gasteiger partial charge >= 0.3 is 6.03 Å². The number of nitrogens with one attached hydrogen (secondary N) is 1. The number of carbonyl (C=O) groups excluding carboxylic acids is 1. The molecular weight excluding hydrogens is 433 g/mol. The number of benzene rings is 1. The van der Waals surface area contributed by atoms with Gasteiger partial charge in [-0.3, -0.25) is 4.68 Å². The van der Waals surface area contributed by atoms with Crippen molar-refractivity contribution in [2.75, 3.05) is 20.2 Å². The second-order valence-corrected chi connectivity index (χ2v) is 9.84. The number of hydrogen-bond donors (Lipinski definition) is 1. The van der Waals surface area contributed by atoms with Gasteiger partial charge in [0.25, 0.3) is 0 Å². The molecule has 0 spiro atoms. The van der Waals surface area contributed by atoms with Crippen molar-refractivity contribution in [1.29, 1.82) is 0 Å². The maximum absolute atomic E-state index is 14.7. The summed E-state index contributed by atoms with van der Waals surface area (Å²) in [6.07, 6.45) is 3.60. The highest BCUT2D eigenvalue weighted by Crippen LogP contribution is 2.48. The molecule has 34 heavy (non-hydrogen) atoms. The van der Waals surface area contributed by atoms with Crippen molar-refractivity contribution < 1.29 is 13.9 Å². The Morgan fingerprint density at radius 3 is 2.62 bits per heavy atom. The number of aryl methyl sites for hydroxylation is 1. The second-order valence-electron chi connectivity index (χ2n) is 9.84. The minimum atomic E-state index is -0.299. The first-order valence-electron chi connectivity index (χ1n) is 12.1. The summed E-state index contributed by atoms with van der Waals surface area (Å²) in [5.41, 5.74) is 3.25. The predicted octanol–water partition coefficient (Wildman–Crippen LogP) is 4.81. The van der Waals surface area contributed by atoms with Crippen molar-refractivity contribution in [3.05, 3.63) is 41.8 Å². The molecule has 0 radical (unpaired) electrons. The Labute approximate surface area is 199 Å². The van der Waals surface area contributed by atoms with Gasteiger partial charge in [-0.25, -0.2) is 14.2 Å². The van der Waals surface area contributed by atoms with Crippen LogP contribution in [-0.2, 0) is 6.54 Å². The van der Waals surface area contributed by atoms with Crippen molar-refractivity contribution in [3.8, 4) is 17.1 Å². The summed E-state index contributed by atoms with van der Waals surface area (Å²) < 4.78 is 22.2. The lowest BCUT2D eigenvalue weighted by Gasteiger charge is -2.22. The van der Waals surface area contributed by atoms with E-state index >= 15 is 0 Å². The molecule has 1 saturated carbocycles. The highest BCUT2D eigenvalue weighted by molar-refractivity contribution is 5.84. The third-order valence-electron chi connectivity index (χ3n) is 7.28. The van der Waals surface area contributed by atoms with Crippen LogP contribution in [0.2, 0.25) is 0 Å². The first kappa shape index (κ1) is 22.6. The van der Waals surface area contributed by atoms with Gasteiger partial charge in [0.15, 0.2) is 0 Å². The first-order valence-corrected chi connectivity index (χ1v) is 12.1. The zero-order chi connectivity index (χ0) is 24.0. The van der Waals surface area contributed by atoms with Crippen molar-refractivity contribution in [2.45, 2.75) is 52.1 Å². The fourth-order valence-corrected chi connectivity index (χ4v) is 5.68. The Morgan fingerprint density at radius 2 is 1.97 bits per heavy atom. The molecule has 3 aromatic rings. The Hall–Kier alpha value is -3.16. The summed E-state index contributed by atoms with van der Waals surface area (Å²) in [4.78, 5) is 19.1. The molecule has 1 saturated heterocycles. The van der Waals surface area contributed by atoms with Crippen LogP contribution in [0.3, 0.4) is 0 Å². The predicted molar refractivity (Wildman–Crippen MR) is 129 cm³/mol. The number of urea groups is 1. The molecule has 1 aliphatic heterocycles. The minimum Gasteiger partial charge on any atom is -0.481 e. The summed E-state index contributed by atoms with van der Waals surface area (Å²) >= 11 is 0. The zero-order valence-electron chi connectivity index (χ0n) is 20.2. The summed E-state index contributed by atoms with van der Waals surface area (Å²) in [5.74, 6) is 1.65. The molecule has 3 heterocycles. The second kappa shape index (κ2) is 8.89. The fraction of sp³-hybridized carbons (Fsp3) is 0.500. The number of carbonyl (C=O) groups is 1. The summed E-state index contributed by atoms with van der Waals surface area (Å²) in [7, 11) is 1.64. The lowest BCUT2D eigenvalue weighted by atomic mass is 9.96. The molecule has 2 amide bonds. The maximum atomic E-state index is 14.7. The minimum absolute atomic E-state index is 0.0400. The molecule has 1 aromatic carbocycles. The molecular formula is C26H32FN5O2. The van der Waals surface area contributed by atoms with Gasteiger partial charge < -0.3 is 15.0 Å². The van der Waals surface area contributed by atoms with E-state index in [-0.39, 0.29) is 17.9 Å². The number of hydrogen-bond acceptors (Lipinski definition) is 4. The van der Waals surface area contributed by atoms with E-state index in [4.69, 9.17) is 9.72 Å². The maximum Gasteiger partial charge on any atom is 0.317 e. The number of amides is 2. The van der Waals surface area contributed by atoms with Crippen molar-refractivity contribution in [3.63, 3.8) is 0 Å². The first-order chi connectivity index (χ1) is 16.4. The standard InChI is InChI=1S/C26H32FN5O2/c1-5-32-24-11-17(10-22(27)21(24)12-28-32)23-7-6-20(25(30-23)34-4)16-8-18-13-31(14-19(18)9-16)26(33)29-15(2)3/h6-7,10-12,15-16,18-19H,5,8-9,13-14H2,1-4H3,(H,29,33). The van der Waals surface area contributed by atoms with Gasteiger partial charge in [0.1, 0.15) is 5.82 Å². The van der Waals surface area contributed by atoms with E-state index in [2.05, 4.69) is 16.5 Å². The lowest BCUT2D eigenvalue weighted by Crippen LogP contribution is -2.42. The lowest BCUT2D eigenvalue weighted by molar-refractivity contribution is 0.202. The number of likely N-dealkylation sites (tertiary alicyclic amines) is 1. The van der Waals surface area contributed by atoms with Crippen LogP contribution in [0, 0.1) is 17.7 Å². The van der Waals surface area contributed by atoms with E-state index in [1.807, 2.05) is 37.8 Å². The molecule has 0 bridgehead atoms. The number of methoxy groups -OCH3 is 1. The van der Waals surface area contributed by atoms with Crippen molar-refractivity contribution in [1.82, 2.24) is 25.0 Å². The third-order valence-corrected chi connectivity index (χ3v) is 7.28. The molecule has 5 rings (SSSR count). The van der Waals surface area contributed by atoms with E-state index < -0.39 is 0 Å². The van der Waals surface area contributed by atoms with Crippen LogP contribution in [0.15, 0.2) is 30.5 Å². The van der Waals surface area contributed by atoms with E-state index in [0.717, 1.165) is 37.0 Å². The number of nitrogens with zero attached hydrogens (tertiary/aromatic N) is 4. The average molecular weight is 466 g/mol. The molecule has 1 N–H and O–H groups in total. The van der Waals surface area contributed by atoms with E-state index in [1.165, 1.54) is 6.07 Å². The summed E-state index contributed by atoms with van der Waals surface area (Å²) in [5, 5.41) is 7.79. The average Bonchev–Trinajstić information content (AvgIpc) is 3.51. The molecule has 180 valence electrons. The highest BCUT2D eigenvalue weighted by Gasteiger charge is 2.43. The largest absolute Gasteiger partial charge is 0.481 e.